The molecule has 1 aromatic carbocycles. The Morgan fingerprint density at radius 3 is 3.00 bits per heavy atom. The van der Waals surface area contributed by atoms with Crippen LogP contribution in [0.25, 0.3) is 11.0 Å². The number of nitrogens with two attached hydrogens (primary N) is 1. The maximum atomic E-state index is 11.6. The fourth-order valence-electron chi connectivity index (χ4n) is 1.96. The van der Waals surface area contributed by atoms with Gasteiger partial charge in [-0.3, -0.25) is 4.79 Å². The van der Waals surface area contributed by atoms with Gasteiger partial charge in [-0.2, -0.15) is 0 Å². The SMILES string of the molecule is CC(C)(N)CC(=O)NCCc1ccc2nc[nH]c2c1. The van der Waals surface area contributed by atoms with E-state index >= 15 is 0 Å². The summed E-state index contributed by atoms with van der Waals surface area (Å²) < 4.78 is 0. The lowest BCUT2D eigenvalue weighted by Gasteiger charge is -2.17. The number of H-pyrrole nitrogens is 1. The van der Waals surface area contributed by atoms with Crippen LogP contribution in [-0.2, 0) is 11.2 Å². The van der Waals surface area contributed by atoms with Gasteiger partial charge in [-0.1, -0.05) is 6.07 Å². The van der Waals surface area contributed by atoms with Crippen LogP contribution in [0, 0.1) is 0 Å². The van der Waals surface area contributed by atoms with E-state index in [4.69, 9.17) is 5.73 Å². The van der Waals surface area contributed by atoms with Gasteiger partial charge in [-0.25, -0.2) is 4.98 Å². The van der Waals surface area contributed by atoms with Gasteiger partial charge < -0.3 is 16.0 Å². The fraction of sp³-hybridized carbons (Fsp3) is 0.429. The predicted octanol–water partition coefficient (Wildman–Crippen LogP) is 1.35. The van der Waals surface area contributed by atoms with Crippen LogP contribution < -0.4 is 11.1 Å². The second kappa shape index (κ2) is 5.40. The number of carbonyl (C=O) groups is 1. The van der Waals surface area contributed by atoms with Crippen molar-refractivity contribution in [1.29, 1.82) is 0 Å². The minimum atomic E-state index is -0.459. The zero-order valence-electron chi connectivity index (χ0n) is 11.4. The topological polar surface area (TPSA) is 83.8 Å². The first-order valence-corrected chi connectivity index (χ1v) is 6.42. The number of hydrogen-bond acceptors (Lipinski definition) is 3. The van der Waals surface area contributed by atoms with Gasteiger partial charge in [0.25, 0.3) is 0 Å². The van der Waals surface area contributed by atoms with Crippen LogP contribution in [0.15, 0.2) is 24.5 Å². The molecule has 0 fully saturated rings. The molecule has 19 heavy (non-hydrogen) atoms. The Morgan fingerprint density at radius 2 is 2.26 bits per heavy atom. The van der Waals surface area contributed by atoms with E-state index in [-0.39, 0.29) is 5.91 Å². The third-order valence-corrected chi connectivity index (χ3v) is 2.84. The first kappa shape index (κ1) is 13.5. The molecule has 5 nitrogen and oxygen atoms in total. The van der Waals surface area contributed by atoms with Crippen molar-refractivity contribution < 1.29 is 4.79 Å². The number of nitrogens with one attached hydrogen (secondary N) is 2. The van der Waals surface area contributed by atoms with Crippen molar-refractivity contribution in [3.8, 4) is 0 Å². The maximum Gasteiger partial charge on any atom is 0.221 e. The highest BCUT2D eigenvalue weighted by Gasteiger charge is 2.15. The molecule has 1 heterocycles. The number of amides is 1. The Balaban J connectivity index is 1.83. The van der Waals surface area contributed by atoms with Gasteiger partial charge in [0.1, 0.15) is 0 Å². The molecule has 0 aliphatic carbocycles. The highest BCUT2D eigenvalue weighted by molar-refractivity contribution is 5.77. The minimum absolute atomic E-state index is 0.00452. The Hall–Kier alpha value is -1.88. The van der Waals surface area contributed by atoms with E-state index < -0.39 is 5.54 Å². The molecule has 1 aromatic heterocycles. The molecule has 0 bridgehead atoms. The molecule has 0 radical (unpaired) electrons. The average Bonchev–Trinajstić information content (AvgIpc) is 2.73. The maximum absolute atomic E-state index is 11.6. The second-order valence-corrected chi connectivity index (χ2v) is 5.52. The van der Waals surface area contributed by atoms with Crippen molar-refractivity contribution in [3.05, 3.63) is 30.1 Å². The molecular weight excluding hydrogens is 240 g/mol. The van der Waals surface area contributed by atoms with Crippen LogP contribution in [0.1, 0.15) is 25.8 Å². The quantitative estimate of drug-likeness (QED) is 0.758. The van der Waals surface area contributed by atoms with Gasteiger partial charge in [0.2, 0.25) is 5.91 Å². The molecule has 0 unspecified atom stereocenters. The average molecular weight is 260 g/mol. The summed E-state index contributed by atoms with van der Waals surface area (Å²) in [5.74, 6) is -0.00452. The molecule has 4 N–H and O–H groups in total. The molecular formula is C14H20N4O. The Kier molecular flexibility index (Phi) is 3.85. The summed E-state index contributed by atoms with van der Waals surface area (Å²) >= 11 is 0. The van der Waals surface area contributed by atoms with Crippen LogP contribution in [0.2, 0.25) is 0 Å². The smallest absolute Gasteiger partial charge is 0.221 e. The molecule has 1 amide bonds. The van der Waals surface area contributed by atoms with E-state index in [0.29, 0.717) is 13.0 Å². The lowest BCUT2D eigenvalue weighted by atomic mass is 10.0. The zero-order valence-corrected chi connectivity index (χ0v) is 11.4. The summed E-state index contributed by atoms with van der Waals surface area (Å²) in [4.78, 5) is 18.9. The number of aromatic nitrogens is 2. The molecule has 0 spiro atoms. The van der Waals surface area contributed by atoms with E-state index in [1.165, 1.54) is 5.56 Å². The number of imidazole rings is 1. The number of carbonyl (C=O) groups excluding carboxylic acids is 1. The molecule has 0 saturated heterocycles. The van der Waals surface area contributed by atoms with Crippen LogP contribution in [-0.4, -0.2) is 28.0 Å². The highest BCUT2D eigenvalue weighted by Crippen LogP contribution is 2.11. The zero-order chi connectivity index (χ0) is 13.9. The van der Waals surface area contributed by atoms with E-state index in [2.05, 4.69) is 21.4 Å². The van der Waals surface area contributed by atoms with Crippen LogP contribution in [0.5, 0.6) is 0 Å². The summed E-state index contributed by atoms with van der Waals surface area (Å²) in [6.45, 7) is 4.31. The van der Waals surface area contributed by atoms with Gasteiger partial charge in [-0.15, -0.1) is 0 Å². The number of fused-ring (bicyclic) bond motifs is 1. The normalized spacial score (nSPS) is 11.7. The standard InChI is InChI=1S/C14H20N4O/c1-14(2,15)8-13(19)16-6-5-10-3-4-11-12(7-10)18-9-17-11/h3-4,7,9H,5-6,8,15H2,1-2H3,(H,16,19)(H,17,18). The van der Waals surface area contributed by atoms with Crippen LogP contribution in [0.3, 0.4) is 0 Å². The van der Waals surface area contributed by atoms with Crippen molar-refractivity contribution in [1.82, 2.24) is 15.3 Å². The van der Waals surface area contributed by atoms with Gasteiger partial charge >= 0.3 is 0 Å². The molecule has 2 aromatic rings. The number of benzene rings is 1. The van der Waals surface area contributed by atoms with E-state index in [0.717, 1.165) is 17.5 Å². The van der Waals surface area contributed by atoms with E-state index in [1.807, 2.05) is 26.0 Å². The monoisotopic (exact) mass is 260 g/mol. The first-order valence-electron chi connectivity index (χ1n) is 6.42. The van der Waals surface area contributed by atoms with Crippen molar-refractivity contribution in [2.24, 2.45) is 5.73 Å². The fourth-order valence-corrected chi connectivity index (χ4v) is 1.96. The van der Waals surface area contributed by atoms with Gasteiger partial charge in [-0.05, 0) is 38.0 Å². The lowest BCUT2D eigenvalue weighted by Crippen LogP contribution is -2.39. The molecule has 0 aliphatic rings. The van der Waals surface area contributed by atoms with Crippen LogP contribution >= 0.6 is 0 Å². The third-order valence-electron chi connectivity index (χ3n) is 2.84. The highest BCUT2D eigenvalue weighted by atomic mass is 16.1. The molecule has 0 atom stereocenters. The number of nitrogens with zero attached hydrogens (tertiary/aromatic N) is 1. The summed E-state index contributed by atoms with van der Waals surface area (Å²) in [5.41, 5.74) is 8.49. The summed E-state index contributed by atoms with van der Waals surface area (Å²) in [5, 5.41) is 2.88. The Morgan fingerprint density at radius 1 is 1.47 bits per heavy atom. The van der Waals surface area contributed by atoms with Gasteiger partial charge in [0, 0.05) is 18.5 Å². The predicted molar refractivity (Wildman–Crippen MR) is 75.7 cm³/mol. The first-order chi connectivity index (χ1) is 8.94. The molecule has 102 valence electrons. The van der Waals surface area contributed by atoms with Crippen molar-refractivity contribution >= 4 is 16.9 Å². The van der Waals surface area contributed by atoms with Crippen molar-refractivity contribution in [3.63, 3.8) is 0 Å². The molecule has 0 aliphatic heterocycles. The summed E-state index contributed by atoms with van der Waals surface area (Å²) in [6.07, 6.45) is 2.82. The minimum Gasteiger partial charge on any atom is -0.356 e. The van der Waals surface area contributed by atoms with E-state index in [1.54, 1.807) is 6.33 Å². The van der Waals surface area contributed by atoms with E-state index in [9.17, 15) is 4.79 Å². The van der Waals surface area contributed by atoms with Crippen molar-refractivity contribution in [2.45, 2.75) is 32.2 Å². The number of rotatable bonds is 5. The largest absolute Gasteiger partial charge is 0.356 e. The summed E-state index contributed by atoms with van der Waals surface area (Å²) in [6, 6.07) is 6.07. The van der Waals surface area contributed by atoms with Gasteiger partial charge in [0.15, 0.2) is 0 Å². The Bertz CT molecular complexity index is 568. The van der Waals surface area contributed by atoms with Gasteiger partial charge in [0.05, 0.1) is 17.4 Å². The number of hydrogen-bond donors (Lipinski definition) is 3. The second-order valence-electron chi connectivity index (χ2n) is 5.52. The molecule has 0 saturated carbocycles. The molecule has 2 rings (SSSR count). The Labute approximate surface area is 112 Å². The third kappa shape index (κ3) is 4.06. The number of aromatic amines is 1. The van der Waals surface area contributed by atoms with Crippen LogP contribution in [0.4, 0.5) is 0 Å². The lowest BCUT2D eigenvalue weighted by molar-refractivity contribution is -0.121. The summed E-state index contributed by atoms with van der Waals surface area (Å²) in [7, 11) is 0. The molecule has 5 heteroatoms. The van der Waals surface area contributed by atoms with Crippen molar-refractivity contribution in [2.75, 3.05) is 6.54 Å².